The van der Waals surface area contributed by atoms with E-state index >= 15 is 0 Å². The number of carbonyl (C=O) groups is 1. The molecule has 1 unspecified atom stereocenters. The van der Waals surface area contributed by atoms with E-state index in [2.05, 4.69) is 20.7 Å². The topological polar surface area (TPSA) is 52.3 Å². The molecule has 0 aliphatic heterocycles. The molecule has 0 fully saturated rings. The standard InChI is InChI=1S/C11H12BrF2NO2.ClH/c1-2-17-11(16)9(14)10(15)6-3-7(12)5-8(13)4-6;/h3-5,9-10H,2,15H2,1H3;1H/t9?,10-;/m0./s1. The summed E-state index contributed by atoms with van der Waals surface area (Å²) in [6.45, 7) is 1.63. The molecule has 0 radical (unpaired) electrons. The summed E-state index contributed by atoms with van der Waals surface area (Å²) < 4.78 is 31.6. The number of hydrogen-bond acceptors (Lipinski definition) is 3. The monoisotopic (exact) mass is 343 g/mol. The van der Waals surface area contributed by atoms with Crippen LogP contribution in [0, 0.1) is 5.82 Å². The lowest BCUT2D eigenvalue weighted by Gasteiger charge is -2.16. The zero-order valence-corrected chi connectivity index (χ0v) is 11.9. The van der Waals surface area contributed by atoms with Crippen molar-refractivity contribution >= 4 is 34.3 Å². The van der Waals surface area contributed by atoms with Crippen LogP contribution in [0.5, 0.6) is 0 Å². The van der Waals surface area contributed by atoms with E-state index in [1.165, 1.54) is 12.1 Å². The first-order valence-electron chi connectivity index (χ1n) is 4.98. The first-order valence-corrected chi connectivity index (χ1v) is 5.77. The molecule has 0 bridgehead atoms. The smallest absolute Gasteiger partial charge is 0.342 e. The zero-order valence-electron chi connectivity index (χ0n) is 9.53. The average Bonchev–Trinajstić information content (AvgIpc) is 2.26. The minimum Gasteiger partial charge on any atom is -0.464 e. The summed E-state index contributed by atoms with van der Waals surface area (Å²) >= 11 is 3.06. The third kappa shape index (κ3) is 4.51. The molecule has 0 spiro atoms. The van der Waals surface area contributed by atoms with Gasteiger partial charge >= 0.3 is 5.97 Å². The van der Waals surface area contributed by atoms with Crippen LogP contribution in [0.2, 0.25) is 0 Å². The van der Waals surface area contributed by atoms with Crippen LogP contribution in [-0.2, 0) is 9.53 Å². The van der Waals surface area contributed by atoms with E-state index in [4.69, 9.17) is 5.73 Å². The summed E-state index contributed by atoms with van der Waals surface area (Å²) in [6, 6.07) is 2.51. The van der Waals surface area contributed by atoms with E-state index in [0.717, 1.165) is 6.07 Å². The zero-order chi connectivity index (χ0) is 13.0. The fraction of sp³-hybridized carbons (Fsp3) is 0.364. The SMILES string of the molecule is CCOC(=O)C(F)[C@@H](N)c1cc(F)cc(Br)c1.Cl. The van der Waals surface area contributed by atoms with E-state index in [9.17, 15) is 13.6 Å². The van der Waals surface area contributed by atoms with Gasteiger partial charge in [0.1, 0.15) is 5.82 Å². The van der Waals surface area contributed by atoms with E-state index in [-0.39, 0.29) is 24.6 Å². The third-order valence-electron chi connectivity index (χ3n) is 2.10. The number of carbonyl (C=O) groups excluding carboxylic acids is 1. The van der Waals surface area contributed by atoms with Gasteiger partial charge in [-0.3, -0.25) is 0 Å². The van der Waals surface area contributed by atoms with Gasteiger partial charge in [0.2, 0.25) is 6.17 Å². The molecule has 0 aliphatic rings. The first kappa shape index (κ1) is 17.3. The minimum absolute atomic E-state index is 0. The second kappa shape index (κ2) is 7.66. The fourth-order valence-electron chi connectivity index (χ4n) is 1.31. The molecule has 0 amide bonds. The maximum Gasteiger partial charge on any atom is 0.342 e. The number of ether oxygens (including phenoxy) is 1. The lowest BCUT2D eigenvalue weighted by molar-refractivity contribution is -0.149. The predicted octanol–water partition coefficient (Wildman–Crippen LogP) is 2.91. The summed E-state index contributed by atoms with van der Waals surface area (Å²) in [6.07, 6.45) is -2.01. The summed E-state index contributed by atoms with van der Waals surface area (Å²) in [7, 11) is 0. The van der Waals surface area contributed by atoms with Crippen LogP contribution in [0.1, 0.15) is 18.5 Å². The number of alkyl halides is 1. The molecule has 1 rings (SSSR count). The molecular formula is C11H13BrClF2NO2. The number of rotatable bonds is 4. The molecule has 0 aliphatic carbocycles. The number of benzene rings is 1. The molecule has 7 heteroatoms. The van der Waals surface area contributed by atoms with Gasteiger partial charge in [0.25, 0.3) is 0 Å². The summed E-state index contributed by atoms with van der Waals surface area (Å²) in [5.41, 5.74) is 5.74. The minimum atomic E-state index is -2.01. The van der Waals surface area contributed by atoms with Crippen molar-refractivity contribution in [1.82, 2.24) is 0 Å². The highest BCUT2D eigenvalue weighted by molar-refractivity contribution is 9.10. The Morgan fingerprint density at radius 1 is 1.50 bits per heavy atom. The van der Waals surface area contributed by atoms with Crippen LogP contribution in [0.25, 0.3) is 0 Å². The Morgan fingerprint density at radius 3 is 2.61 bits per heavy atom. The van der Waals surface area contributed by atoms with Gasteiger partial charge in [-0.05, 0) is 30.7 Å². The average molecular weight is 345 g/mol. The van der Waals surface area contributed by atoms with Gasteiger partial charge in [0, 0.05) is 4.47 Å². The van der Waals surface area contributed by atoms with Gasteiger partial charge in [-0.25, -0.2) is 13.6 Å². The van der Waals surface area contributed by atoms with Gasteiger partial charge in [0.05, 0.1) is 12.6 Å². The Balaban J connectivity index is 0.00000289. The molecule has 0 aromatic heterocycles. The molecule has 3 nitrogen and oxygen atoms in total. The Hall–Kier alpha value is -0.720. The summed E-state index contributed by atoms with van der Waals surface area (Å²) in [5.74, 6) is -1.60. The van der Waals surface area contributed by atoms with E-state index in [1.54, 1.807) is 6.92 Å². The number of halogens is 4. The van der Waals surface area contributed by atoms with Crippen molar-refractivity contribution in [3.8, 4) is 0 Å². The van der Waals surface area contributed by atoms with Crippen molar-refractivity contribution in [2.75, 3.05) is 6.61 Å². The second-order valence-electron chi connectivity index (χ2n) is 3.38. The van der Waals surface area contributed by atoms with Gasteiger partial charge in [0.15, 0.2) is 0 Å². The molecule has 1 aromatic carbocycles. The Kier molecular flexibility index (Phi) is 7.35. The van der Waals surface area contributed by atoms with Crippen LogP contribution in [-0.4, -0.2) is 18.7 Å². The lowest BCUT2D eigenvalue weighted by atomic mass is 10.0. The van der Waals surface area contributed by atoms with E-state index in [1.807, 2.05) is 0 Å². The highest BCUT2D eigenvalue weighted by atomic mass is 79.9. The van der Waals surface area contributed by atoms with Crippen molar-refractivity contribution in [1.29, 1.82) is 0 Å². The maximum atomic E-state index is 13.6. The molecule has 0 heterocycles. The number of nitrogens with two attached hydrogens (primary N) is 1. The molecular weight excluding hydrogens is 331 g/mol. The van der Waals surface area contributed by atoms with Gasteiger partial charge in [-0.1, -0.05) is 15.9 Å². The Labute approximate surface area is 118 Å². The van der Waals surface area contributed by atoms with E-state index < -0.39 is 24.0 Å². The van der Waals surface area contributed by atoms with Crippen molar-refractivity contribution in [3.05, 3.63) is 34.1 Å². The maximum absolute atomic E-state index is 13.6. The lowest BCUT2D eigenvalue weighted by Crippen LogP contribution is -2.31. The first-order chi connectivity index (χ1) is 7.95. The summed E-state index contributed by atoms with van der Waals surface area (Å²) in [4.78, 5) is 11.1. The van der Waals surface area contributed by atoms with Crippen LogP contribution in [0.15, 0.2) is 22.7 Å². The molecule has 102 valence electrons. The van der Waals surface area contributed by atoms with Gasteiger partial charge in [-0.2, -0.15) is 0 Å². The Bertz CT molecular complexity index is 400. The highest BCUT2D eigenvalue weighted by Crippen LogP contribution is 2.23. The van der Waals surface area contributed by atoms with Gasteiger partial charge < -0.3 is 10.5 Å². The van der Waals surface area contributed by atoms with Crippen LogP contribution in [0.3, 0.4) is 0 Å². The van der Waals surface area contributed by atoms with Crippen LogP contribution in [0.4, 0.5) is 8.78 Å². The molecule has 2 N–H and O–H groups in total. The Morgan fingerprint density at radius 2 is 2.11 bits per heavy atom. The normalized spacial score (nSPS) is 13.4. The fourth-order valence-corrected chi connectivity index (χ4v) is 1.79. The largest absolute Gasteiger partial charge is 0.464 e. The molecule has 1 aromatic rings. The second-order valence-corrected chi connectivity index (χ2v) is 4.30. The molecule has 0 saturated heterocycles. The van der Waals surface area contributed by atoms with E-state index in [0.29, 0.717) is 4.47 Å². The van der Waals surface area contributed by atoms with Crippen molar-refractivity contribution in [2.24, 2.45) is 5.73 Å². The molecule has 2 atom stereocenters. The predicted molar refractivity (Wildman–Crippen MR) is 69.8 cm³/mol. The van der Waals surface area contributed by atoms with Crippen LogP contribution < -0.4 is 5.73 Å². The van der Waals surface area contributed by atoms with Crippen molar-refractivity contribution < 1.29 is 18.3 Å². The summed E-state index contributed by atoms with van der Waals surface area (Å²) in [5, 5.41) is 0. The van der Waals surface area contributed by atoms with Crippen LogP contribution >= 0.6 is 28.3 Å². The molecule has 18 heavy (non-hydrogen) atoms. The van der Waals surface area contributed by atoms with Gasteiger partial charge in [-0.15, -0.1) is 12.4 Å². The number of esters is 1. The van der Waals surface area contributed by atoms with Crippen molar-refractivity contribution in [2.45, 2.75) is 19.1 Å². The third-order valence-corrected chi connectivity index (χ3v) is 2.55. The molecule has 0 saturated carbocycles. The van der Waals surface area contributed by atoms with Crippen molar-refractivity contribution in [3.63, 3.8) is 0 Å². The number of hydrogen-bond donors (Lipinski definition) is 1. The highest BCUT2D eigenvalue weighted by Gasteiger charge is 2.28. The quantitative estimate of drug-likeness (QED) is 0.855.